The molecule has 0 aromatic heterocycles. The smallest absolute Gasteiger partial charge is 0.118 e. The second-order valence-electron chi connectivity index (χ2n) is 13.5. The highest BCUT2D eigenvalue weighted by atomic mass is 16.5. The van der Waals surface area contributed by atoms with Gasteiger partial charge in [-0.05, 0) is 133 Å². The third-order valence-electron chi connectivity index (χ3n) is 10.5. The molecule has 2 aliphatic carbocycles. The van der Waals surface area contributed by atoms with Crippen molar-refractivity contribution in [3.63, 3.8) is 0 Å². The van der Waals surface area contributed by atoms with E-state index in [9.17, 15) is 5.11 Å². The lowest BCUT2D eigenvalue weighted by Crippen LogP contribution is -2.13. The molecule has 45 heavy (non-hydrogen) atoms. The molecule has 6 rings (SSSR count). The van der Waals surface area contributed by atoms with E-state index in [-0.39, 0.29) is 0 Å². The number of hydrogen-bond donors (Lipinski definition) is 1. The molecule has 2 heteroatoms. The summed E-state index contributed by atoms with van der Waals surface area (Å²) in [7, 11) is 1.71. The SMILES string of the molecule is CCCC1CCC(c2ccc(-c3ccc(O)cc3)cc2)CC1.CCCC1CCC(c2ccc(-c3ccc(OC)cc3)cc2)CC1. The summed E-state index contributed by atoms with van der Waals surface area (Å²) in [6, 6.07) is 34.0. The molecule has 4 aromatic carbocycles. The fourth-order valence-electron chi connectivity index (χ4n) is 7.72. The van der Waals surface area contributed by atoms with Gasteiger partial charge in [-0.25, -0.2) is 0 Å². The van der Waals surface area contributed by atoms with Gasteiger partial charge in [0.1, 0.15) is 11.5 Å². The maximum absolute atomic E-state index is 9.38. The van der Waals surface area contributed by atoms with Gasteiger partial charge in [0.05, 0.1) is 7.11 Å². The molecule has 4 aromatic rings. The standard InChI is InChI=1S/C22H28O.C21H26O/c1-3-4-17-5-7-18(8-6-17)19-9-11-20(12-10-19)21-13-15-22(23-2)16-14-21;1-2-3-16-4-6-17(7-5-16)18-8-10-19(11-9-18)20-12-14-21(22)15-13-20/h9-18H,3-8H2,1-2H3;8-17,22H,2-7H2,1H3. The van der Waals surface area contributed by atoms with Gasteiger partial charge in [-0.1, -0.05) is 112 Å². The average Bonchev–Trinajstić information content (AvgIpc) is 3.10. The molecule has 0 radical (unpaired) electrons. The van der Waals surface area contributed by atoms with Crippen LogP contribution in [0.5, 0.6) is 11.5 Å². The van der Waals surface area contributed by atoms with Crippen molar-refractivity contribution in [2.45, 2.75) is 103 Å². The van der Waals surface area contributed by atoms with Crippen LogP contribution in [0.3, 0.4) is 0 Å². The van der Waals surface area contributed by atoms with Crippen LogP contribution in [0.25, 0.3) is 22.3 Å². The van der Waals surface area contributed by atoms with Crippen LogP contribution in [0.2, 0.25) is 0 Å². The van der Waals surface area contributed by atoms with Gasteiger partial charge in [0, 0.05) is 0 Å². The van der Waals surface area contributed by atoms with Gasteiger partial charge in [0.15, 0.2) is 0 Å². The Morgan fingerprint density at radius 2 is 0.822 bits per heavy atom. The largest absolute Gasteiger partial charge is 0.508 e. The minimum atomic E-state index is 0.323. The molecule has 2 saturated carbocycles. The number of phenols is 1. The van der Waals surface area contributed by atoms with Crippen LogP contribution in [0.4, 0.5) is 0 Å². The molecule has 0 bridgehead atoms. The van der Waals surface area contributed by atoms with Crippen molar-refractivity contribution in [3.8, 4) is 33.8 Å². The summed E-state index contributed by atoms with van der Waals surface area (Å²) in [6.45, 7) is 4.61. The zero-order chi connectivity index (χ0) is 31.4. The summed E-state index contributed by atoms with van der Waals surface area (Å²) >= 11 is 0. The Kier molecular flexibility index (Phi) is 12.2. The van der Waals surface area contributed by atoms with Crippen LogP contribution in [-0.2, 0) is 0 Å². The average molecular weight is 603 g/mol. The highest BCUT2D eigenvalue weighted by Gasteiger charge is 2.22. The van der Waals surface area contributed by atoms with Crippen molar-refractivity contribution in [2.24, 2.45) is 11.8 Å². The summed E-state index contributed by atoms with van der Waals surface area (Å²) in [4.78, 5) is 0. The number of hydrogen-bond acceptors (Lipinski definition) is 2. The lowest BCUT2D eigenvalue weighted by Gasteiger charge is -2.28. The number of rotatable bonds is 9. The zero-order valence-electron chi connectivity index (χ0n) is 27.9. The van der Waals surface area contributed by atoms with E-state index < -0.39 is 0 Å². The maximum Gasteiger partial charge on any atom is 0.118 e. The Hall–Kier alpha value is -3.52. The molecular weight excluding hydrogens is 548 g/mol. The Morgan fingerprint density at radius 3 is 1.16 bits per heavy atom. The second-order valence-corrected chi connectivity index (χ2v) is 13.5. The number of benzene rings is 4. The molecule has 2 nitrogen and oxygen atoms in total. The molecule has 2 aliphatic rings. The molecular formula is C43H54O2. The second kappa shape index (κ2) is 16.7. The molecule has 0 unspecified atom stereocenters. The molecule has 1 N–H and O–H groups in total. The Morgan fingerprint density at radius 1 is 0.489 bits per heavy atom. The molecule has 0 aliphatic heterocycles. The van der Waals surface area contributed by atoms with E-state index in [1.54, 1.807) is 19.2 Å². The number of aromatic hydroxyl groups is 1. The molecule has 238 valence electrons. The van der Waals surface area contributed by atoms with Crippen molar-refractivity contribution in [1.82, 2.24) is 0 Å². The molecule has 0 atom stereocenters. The fourth-order valence-corrected chi connectivity index (χ4v) is 7.72. The van der Waals surface area contributed by atoms with E-state index in [1.807, 2.05) is 24.3 Å². The normalized spacial score (nSPS) is 21.4. The summed E-state index contributed by atoms with van der Waals surface area (Å²) in [5, 5.41) is 9.38. The third-order valence-corrected chi connectivity index (χ3v) is 10.5. The van der Waals surface area contributed by atoms with Gasteiger partial charge in [-0.3, -0.25) is 0 Å². The first-order valence-electron chi connectivity index (χ1n) is 17.7. The Bertz CT molecular complexity index is 1390. The van der Waals surface area contributed by atoms with E-state index in [4.69, 9.17) is 4.74 Å². The zero-order valence-corrected chi connectivity index (χ0v) is 27.9. The summed E-state index contributed by atoms with van der Waals surface area (Å²) in [5.74, 6) is 4.71. The maximum atomic E-state index is 9.38. The van der Waals surface area contributed by atoms with Gasteiger partial charge < -0.3 is 9.84 Å². The van der Waals surface area contributed by atoms with E-state index in [1.165, 1.54) is 105 Å². The first-order valence-corrected chi connectivity index (χ1v) is 17.7. The highest BCUT2D eigenvalue weighted by Crippen LogP contribution is 2.39. The fraction of sp³-hybridized carbons (Fsp3) is 0.442. The van der Waals surface area contributed by atoms with Crippen LogP contribution in [0.15, 0.2) is 97.1 Å². The van der Waals surface area contributed by atoms with E-state index in [2.05, 4.69) is 74.5 Å². The number of methoxy groups -OCH3 is 1. The van der Waals surface area contributed by atoms with Gasteiger partial charge in [0.25, 0.3) is 0 Å². The lowest BCUT2D eigenvalue weighted by atomic mass is 9.77. The van der Waals surface area contributed by atoms with Gasteiger partial charge >= 0.3 is 0 Å². The van der Waals surface area contributed by atoms with Crippen LogP contribution in [-0.4, -0.2) is 12.2 Å². The summed E-state index contributed by atoms with van der Waals surface area (Å²) in [5.41, 5.74) is 7.95. The topological polar surface area (TPSA) is 29.5 Å². The molecule has 2 fully saturated rings. The minimum absolute atomic E-state index is 0.323. The monoisotopic (exact) mass is 602 g/mol. The van der Waals surface area contributed by atoms with Crippen molar-refractivity contribution >= 4 is 0 Å². The summed E-state index contributed by atoms with van der Waals surface area (Å²) < 4.78 is 5.23. The molecule has 0 saturated heterocycles. The van der Waals surface area contributed by atoms with Crippen LogP contribution in [0, 0.1) is 11.8 Å². The lowest BCUT2D eigenvalue weighted by molar-refractivity contribution is 0.308. The number of ether oxygens (including phenoxy) is 1. The minimum Gasteiger partial charge on any atom is -0.508 e. The summed E-state index contributed by atoms with van der Waals surface area (Å²) in [6.07, 6.45) is 16.6. The van der Waals surface area contributed by atoms with Crippen molar-refractivity contribution < 1.29 is 9.84 Å². The van der Waals surface area contributed by atoms with Crippen LogP contribution < -0.4 is 4.74 Å². The van der Waals surface area contributed by atoms with E-state index in [0.29, 0.717) is 5.75 Å². The van der Waals surface area contributed by atoms with E-state index in [0.717, 1.165) is 35.0 Å². The quantitative estimate of drug-likeness (QED) is 0.206. The van der Waals surface area contributed by atoms with Crippen molar-refractivity contribution in [3.05, 3.63) is 108 Å². The van der Waals surface area contributed by atoms with Crippen LogP contribution >= 0.6 is 0 Å². The predicted octanol–water partition coefficient (Wildman–Crippen LogP) is 12.6. The molecule has 0 heterocycles. The van der Waals surface area contributed by atoms with Crippen LogP contribution in [0.1, 0.15) is 114 Å². The van der Waals surface area contributed by atoms with Crippen molar-refractivity contribution in [2.75, 3.05) is 7.11 Å². The van der Waals surface area contributed by atoms with Gasteiger partial charge in [0.2, 0.25) is 0 Å². The first-order chi connectivity index (χ1) is 22.1. The Balaban J connectivity index is 0.000000178. The van der Waals surface area contributed by atoms with E-state index >= 15 is 0 Å². The molecule has 0 amide bonds. The number of phenolic OH excluding ortho intramolecular Hbond substituents is 1. The van der Waals surface area contributed by atoms with Gasteiger partial charge in [-0.15, -0.1) is 0 Å². The van der Waals surface area contributed by atoms with Crippen molar-refractivity contribution in [1.29, 1.82) is 0 Å². The Labute approximate surface area is 272 Å². The first kappa shape index (κ1) is 32.9. The third kappa shape index (κ3) is 9.25. The molecule has 0 spiro atoms. The van der Waals surface area contributed by atoms with Gasteiger partial charge in [-0.2, -0.15) is 0 Å². The highest BCUT2D eigenvalue weighted by molar-refractivity contribution is 5.65. The predicted molar refractivity (Wildman–Crippen MR) is 191 cm³/mol.